The van der Waals surface area contributed by atoms with Gasteiger partial charge < -0.3 is 24.4 Å². The number of hydrogen-bond acceptors (Lipinski definition) is 6. The molecule has 8 nitrogen and oxygen atoms in total. The number of nitrogens with zero attached hydrogens (tertiary/aromatic N) is 2. The van der Waals surface area contributed by atoms with Crippen LogP contribution < -0.4 is 0 Å². The second-order valence-corrected chi connectivity index (χ2v) is 11.3. The van der Waals surface area contributed by atoms with Gasteiger partial charge in [0.15, 0.2) is 0 Å². The highest BCUT2D eigenvalue weighted by Gasteiger charge is 2.79. The molecule has 0 aromatic carbocycles. The first-order chi connectivity index (χ1) is 17.0. The van der Waals surface area contributed by atoms with Crippen molar-refractivity contribution in [1.29, 1.82) is 0 Å². The number of unbranched alkanes of at least 4 members (excludes halogenated alkanes) is 1. The maximum absolute atomic E-state index is 14.3. The van der Waals surface area contributed by atoms with Gasteiger partial charge in [-0.15, -0.1) is 13.2 Å². The van der Waals surface area contributed by atoms with E-state index in [2.05, 4.69) is 13.2 Å². The molecule has 0 saturated carbocycles. The van der Waals surface area contributed by atoms with Gasteiger partial charge in [-0.05, 0) is 59.3 Å². The Morgan fingerprint density at radius 3 is 2.50 bits per heavy atom. The summed E-state index contributed by atoms with van der Waals surface area (Å²) in [5.74, 6) is -2.59. The quantitative estimate of drug-likeness (QED) is 0.249. The van der Waals surface area contributed by atoms with Crippen LogP contribution in [-0.2, 0) is 23.9 Å². The van der Waals surface area contributed by atoms with Crippen LogP contribution in [0.2, 0.25) is 0 Å². The number of aliphatic hydroxyl groups excluding tert-OH is 1. The van der Waals surface area contributed by atoms with Crippen LogP contribution in [-0.4, -0.2) is 81.3 Å². The molecule has 3 fully saturated rings. The fraction of sp³-hybridized carbons (Fsp3) is 0.750. The predicted octanol–water partition coefficient (Wildman–Crippen LogP) is 3.23. The van der Waals surface area contributed by atoms with Crippen molar-refractivity contribution in [2.24, 2.45) is 11.8 Å². The number of esters is 1. The molecule has 202 valence electrons. The molecular weight excluding hydrogens is 460 g/mol. The molecule has 0 aromatic rings. The van der Waals surface area contributed by atoms with E-state index < -0.39 is 46.6 Å². The van der Waals surface area contributed by atoms with Gasteiger partial charge in [-0.2, -0.15) is 0 Å². The van der Waals surface area contributed by atoms with Gasteiger partial charge in [0, 0.05) is 12.1 Å². The van der Waals surface area contributed by atoms with Crippen LogP contribution in [0.25, 0.3) is 0 Å². The Bertz CT molecular complexity index is 878. The minimum atomic E-state index is -1.14. The smallest absolute Gasteiger partial charge is 0.312 e. The highest BCUT2D eigenvalue weighted by Crippen LogP contribution is 2.65. The third kappa shape index (κ3) is 4.40. The van der Waals surface area contributed by atoms with E-state index in [0.717, 1.165) is 6.42 Å². The van der Waals surface area contributed by atoms with Crippen molar-refractivity contribution in [2.75, 3.05) is 19.8 Å². The van der Waals surface area contributed by atoms with Crippen molar-refractivity contribution in [3.05, 3.63) is 25.3 Å². The number of ether oxygens (including phenoxy) is 2. The van der Waals surface area contributed by atoms with Gasteiger partial charge in [0.05, 0.1) is 30.8 Å². The molecule has 2 unspecified atom stereocenters. The summed E-state index contributed by atoms with van der Waals surface area (Å²) in [5.41, 5.74) is -2.51. The van der Waals surface area contributed by atoms with E-state index in [1.54, 1.807) is 17.1 Å². The monoisotopic (exact) mass is 504 g/mol. The van der Waals surface area contributed by atoms with Crippen LogP contribution in [0.5, 0.6) is 0 Å². The van der Waals surface area contributed by atoms with E-state index in [1.165, 1.54) is 4.90 Å². The third-order valence-electron chi connectivity index (χ3n) is 8.37. The molecule has 3 rings (SSSR count). The van der Waals surface area contributed by atoms with Crippen LogP contribution in [0.3, 0.4) is 0 Å². The Hall–Kier alpha value is -2.19. The average molecular weight is 505 g/mol. The van der Waals surface area contributed by atoms with Gasteiger partial charge in [-0.1, -0.05) is 26.0 Å². The lowest BCUT2D eigenvalue weighted by Crippen LogP contribution is -2.61. The van der Waals surface area contributed by atoms with Gasteiger partial charge in [-0.25, -0.2) is 0 Å². The Morgan fingerprint density at radius 1 is 1.28 bits per heavy atom. The fourth-order valence-corrected chi connectivity index (χ4v) is 6.56. The zero-order chi connectivity index (χ0) is 26.9. The lowest BCUT2D eigenvalue weighted by molar-refractivity contribution is -0.164. The van der Waals surface area contributed by atoms with E-state index in [1.807, 2.05) is 34.6 Å². The maximum Gasteiger partial charge on any atom is 0.312 e. The van der Waals surface area contributed by atoms with Crippen LogP contribution >= 0.6 is 0 Å². The van der Waals surface area contributed by atoms with E-state index in [-0.39, 0.29) is 25.0 Å². The van der Waals surface area contributed by atoms with Gasteiger partial charge in [0.2, 0.25) is 11.8 Å². The number of likely N-dealkylation sites (tertiary alicyclic amines) is 1. The summed E-state index contributed by atoms with van der Waals surface area (Å²) in [7, 11) is 0. The molecule has 0 radical (unpaired) electrons. The maximum atomic E-state index is 14.3. The molecule has 1 spiro atoms. The van der Waals surface area contributed by atoms with Crippen LogP contribution in [0.4, 0.5) is 0 Å². The zero-order valence-corrected chi connectivity index (χ0v) is 22.6. The number of amides is 2. The minimum Gasteiger partial charge on any atom is -0.465 e. The molecule has 3 aliphatic heterocycles. The fourth-order valence-electron chi connectivity index (χ4n) is 6.56. The van der Waals surface area contributed by atoms with Crippen molar-refractivity contribution >= 4 is 17.8 Å². The van der Waals surface area contributed by atoms with Gasteiger partial charge in [-0.3, -0.25) is 14.4 Å². The molecular formula is C28H44N2O6. The normalized spacial score (nSPS) is 31.8. The molecule has 3 aliphatic rings. The number of allylic oxidation sites excluding steroid dienone is 1. The Labute approximate surface area is 215 Å². The number of rotatable bonds is 12. The summed E-state index contributed by atoms with van der Waals surface area (Å²) in [6.45, 7) is 17.5. The van der Waals surface area contributed by atoms with Crippen molar-refractivity contribution in [3.63, 3.8) is 0 Å². The van der Waals surface area contributed by atoms with E-state index in [4.69, 9.17) is 9.47 Å². The highest BCUT2D eigenvalue weighted by molar-refractivity contribution is 5.99. The molecule has 0 aromatic heterocycles. The van der Waals surface area contributed by atoms with Crippen LogP contribution in [0.15, 0.2) is 25.3 Å². The third-order valence-corrected chi connectivity index (χ3v) is 8.37. The number of fused-ring (bicyclic) bond motifs is 1. The first-order valence-electron chi connectivity index (χ1n) is 13.3. The first kappa shape index (κ1) is 28.4. The Morgan fingerprint density at radius 2 is 1.97 bits per heavy atom. The van der Waals surface area contributed by atoms with Crippen molar-refractivity contribution in [3.8, 4) is 0 Å². The molecule has 1 N–H and O–H groups in total. The van der Waals surface area contributed by atoms with Crippen LogP contribution in [0, 0.1) is 11.8 Å². The number of hydrogen-bond donors (Lipinski definition) is 1. The van der Waals surface area contributed by atoms with Crippen molar-refractivity contribution in [2.45, 2.75) is 102 Å². The lowest BCUT2D eigenvalue weighted by Gasteiger charge is -2.43. The minimum absolute atomic E-state index is 0.239. The summed E-state index contributed by atoms with van der Waals surface area (Å²) >= 11 is 0. The molecule has 3 saturated heterocycles. The predicted molar refractivity (Wildman–Crippen MR) is 137 cm³/mol. The van der Waals surface area contributed by atoms with E-state index in [9.17, 15) is 19.5 Å². The number of carbonyl (C=O) groups is 3. The topological polar surface area (TPSA) is 96.4 Å². The SMILES string of the molecule is C=CCCCOC(=O)[C@H]1[C@H]2C(=O)N([C@@H](CC)CO)C(C(=O)N(CC=C)C(C)(C)C)C23CC[C@]1(CC)O3. The lowest BCUT2D eigenvalue weighted by atomic mass is 9.65. The molecule has 2 amide bonds. The molecule has 6 atom stereocenters. The summed E-state index contributed by atoms with van der Waals surface area (Å²) in [6.07, 6.45) is 6.92. The van der Waals surface area contributed by atoms with Gasteiger partial charge in [0.25, 0.3) is 0 Å². The van der Waals surface area contributed by atoms with Crippen molar-refractivity contribution < 1.29 is 29.0 Å². The average Bonchev–Trinajstić information content (AvgIpc) is 3.44. The second-order valence-electron chi connectivity index (χ2n) is 11.3. The summed E-state index contributed by atoms with van der Waals surface area (Å²) < 4.78 is 12.4. The van der Waals surface area contributed by atoms with Crippen molar-refractivity contribution in [1.82, 2.24) is 9.80 Å². The van der Waals surface area contributed by atoms with Crippen LogP contribution in [0.1, 0.15) is 73.1 Å². The number of carbonyl (C=O) groups excluding carboxylic acids is 3. The number of aliphatic hydroxyl groups is 1. The molecule has 3 heterocycles. The zero-order valence-electron chi connectivity index (χ0n) is 22.6. The first-order valence-corrected chi connectivity index (χ1v) is 13.3. The Kier molecular flexibility index (Phi) is 8.40. The standard InChI is InChI=1S/C28H44N2O6/c1-8-12-13-17-35-25(34)21-20-23(32)30(19(10-3)18-31)22(24(33)29(16-9-2)26(5,6)7)28(20)15-14-27(21,11-4)36-28/h8-9,19-22,31H,1-2,10-18H2,3-7H3/t19-,20-,21+,22?,27-,28?/m0/s1. The summed E-state index contributed by atoms with van der Waals surface area (Å²) in [4.78, 5) is 45.2. The van der Waals surface area contributed by atoms with Gasteiger partial charge >= 0.3 is 5.97 Å². The highest BCUT2D eigenvalue weighted by atomic mass is 16.6. The van der Waals surface area contributed by atoms with E-state index in [0.29, 0.717) is 38.6 Å². The molecule has 36 heavy (non-hydrogen) atoms. The van der Waals surface area contributed by atoms with E-state index >= 15 is 0 Å². The second kappa shape index (κ2) is 10.7. The molecule has 0 aliphatic carbocycles. The molecule has 8 heteroatoms. The molecule has 2 bridgehead atoms. The summed E-state index contributed by atoms with van der Waals surface area (Å²) in [5, 5.41) is 10.2. The summed E-state index contributed by atoms with van der Waals surface area (Å²) in [6, 6.07) is -1.49. The Balaban J connectivity index is 2.10. The largest absolute Gasteiger partial charge is 0.465 e. The van der Waals surface area contributed by atoms with Gasteiger partial charge in [0.1, 0.15) is 17.6 Å².